The molecule has 21 heavy (non-hydrogen) atoms. The second-order valence-corrected chi connectivity index (χ2v) is 5.79. The minimum Gasteiger partial charge on any atom is -0.383 e. The molecule has 1 saturated carbocycles. The molecule has 1 aromatic carbocycles. The number of anilines is 1. The summed E-state index contributed by atoms with van der Waals surface area (Å²) in [5.41, 5.74) is 1.74. The average molecular weight is 289 g/mol. The van der Waals surface area contributed by atoms with Crippen LogP contribution in [0.15, 0.2) is 24.4 Å². The molecule has 0 radical (unpaired) electrons. The highest BCUT2D eigenvalue weighted by Gasteiger charge is 2.16. The molecule has 1 aliphatic rings. The lowest BCUT2D eigenvalue weighted by molar-refractivity contribution is -0.385. The summed E-state index contributed by atoms with van der Waals surface area (Å²) in [4.78, 5) is 12.6. The van der Waals surface area contributed by atoms with Gasteiger partial charge in [0, 0.05) is 31.9 Å². The summed E-state index contributed by atoms with van der Waals surface area (Å²) in [7, 11) is 3.79. The molecule has 2 rings (SSSR count). The predicted octanol–water partition coefficient (Wildman–Crippen LogP) is 3.87. The highest BCUT2D eigenvalue weighted by molar-refractivity contribution is 5.66. The Morgan fingerprint density at radius 1 is 1.29 bits per heavy atom. The molecule has 0 aliphatic heterocycles. The van der Waals surface area contributed by atoms with Crippen LogP contribution in [0.2, 0.25) is 0 Å². The minimum atomic E-state index is -0.334. The lowest BCUT2D eigenvalue weighted by Gasteiger charge is -2.24. The first-order valence-corrected chi connectivity index (χ1v) is 7.46. The Kier molecular flexibility index (Phi) is 5.20. The van der Waals surface area contributed by atoms with Crippen molar-refractivity contribution in [2.75, 3.05) is 19.4 Å². The van der Waals surface area contributed by atoms with Crippen LogP contribution in [-0.4, -0.2) is 30.0 Å². The van der Waals surface area contributed by atoms with Gasteiger partial charge in [-0.2, -0.15) is 0 Å². The monoisotopic (exact) mass is 289 g/mol. The van der Waals surface area contributed by atoms with Gasteiger partial charge in [0.2, 0.25) is 0 Å². The van der Waals surface area contributed by atoms with Gasteiger partial charge in [-0.15, -0.1) is 0 Å². The molecule has 0 bridgehead atoms. The Morgan fingerprint density at radius 3 is 2.62 bits per heavy atom. The molecule has 1 N–H and O–H groups in total. The van der Waals surface area contributed by atoms with Crippen molar-refractivity contribution >= 4 is 17.5 Å². The van der Waals surface area contributed by atoms with Crippen molar-refractivity contribution < 1.29 is 4.92 Å². The molecule has 5 nitrogen and oxygen atoms in total. The van der Waals surface area contributed by atoms with Gasteiger partial charge in [0.25, 0.3) is 5.69 Å². The Hall–Kier alpha value is -2.04. The topological polar surface area (TPSA) is 58.4 Å². The third kappa shape index (κ3) is 4.48. The molecule has 1 aromatic rings. The average Bonchev–Trinajstić information content (AvgIpc) is 2.46. The van der Waals surface area contributed by atoms with Crippen LogP contribution in [0.3, 0.4) is 0 Å². The molecular formula is C16H23N3O2. The fourth-order valence-electron chi connectivity index (χ4n) is 2.66. The molecular weight excluding hydrogens is 266 g/mol. The first-order valence-electron chi connectivity index (χ1n) is 7.46. The van der Waals surface area contributed by atoms with Gasteiger partial charge in [0.15, 0.2) is 0 Å². The Morgan fingerprint density at radius 2 is 2.00 bits per heavy atom. The number of nitro groups is 1. The smallest absolute Gasteiger partial charge is 0.276 e. The van der Waals surface area contributed by atoms with E-state index in [-0.39, 0.29) is 10.6 Å². The summed E-state index contributed by atoms with van der Waals surface area (Å²) in [6.45, 7) is 0. The van der Waals surface area contributed by atoms with Crippen molar-refractivity contribution in [1.82, 2.24) is 4.90 Å². The van der Waals surface area contributed by atoms with E-state index in [0.29, 0.717) is 11.6 Å². The first kappa shape index (κ1) is 15.4. The number of rotatable bonds is 5. The molecule has 5 heteroatoms. The molecule has 114 valence electrons. The largest absolute Gasteiger partial charge is 0.383 e. The Balaban J connectivity index is 2.19. The molecule has 1 fully saturated rings. The predicted molar refractivity (Wildman–Crippen MR) is 86.3 cm³/mol. The second kappa shape index (κ2) is 7.11. The summed E-state index contributed by atoms with van der Waals surface area (Å²) in [6, 6.07) is 5.75. The van der Waals surface area contributed by atoms with E-state index in [0.717, 1.165) is 5.69 Å². The zero-order chi connectivity index (χ0) is 15.2. The minimum absolute atomic E-state index is 0.141. The van der Waals surface area contributed by atoms with Crippen LogP contribution in [0, 0.1) is 10.1 Å². The summed E-state index contributed by atoms with van der Waals surface area (Å²) in [5.74, 6) is 0. The fraction of sp³-hybridized carbons (Fsp3) is 0.500. The molecule has 0 aromatic heterocycles. The van der Waals surface area contributed by atoms with E-state index in [2.05, 4.69) is 5.32 Å². The van der Waals surface area contributed by atoms with Gasteiger partial charge >= 0.3 is 0 Å². The maximum Gasteiger partial charge on any atom is 0.276 e. The molecule has 0 heterocycles. The van der Waals surface area contributed by atoms with Crippen molar-refractivity contribution in [1.29, 1.82) is 0 Å². The maximum absolute atomic E-state index is 11.1. The van der Waals surface area contributed by atoms with Gasteiger partial charge < -0.3 is 10.2 Å². The Labute approximate surface area is 125 Å². The third-order valence-corrected chi connectivity index (χ3v) is 3.75. The maximum atomic E-state index is 11.1. The fourth-order valence-corrected chi connectivity index (χ4v) is 2.66. The molecule has 1 aliphatic carbocycles. The summed E-state index contributed by atoms with van der Waals surface area (Å²) in [5, 5.41) is 14.6. The standard InChI is InChI=1S/C16H23N3O2/c1-18(2)11-10-13-12-15(8-9-16(13)19(20)21)17-14-6-4-3-5-7-14/h8-12,14,17H,3-7H2,1-2H3. The summed E-state index contributed by atoms with van der Waals surface area (Å²) < 4.78 is 0. The van der Waals surface area contributed by atoms with Gasteiger partial charge in [0.05, 0.1) is 10.5 Å². The van der Waals surface area contributed by atoms with Crippen molar-refractivity contribution in [2.24, 2.45) is 0 Å². The van der Waals surface area contributed by atoms with Crippen LogP contribution in [0.1, 0.15) is 37.7 Å². The zero-order valence-electron chi connectivity index (χ0n) is 12.7. The summed E-state index contributed by atoms with van der Waals surface area (Å²) >= 11 is 0. The van der Waals surface area contributed by atoms with E-state index < -0.39 is 0 Å². The van der Waals surface area contributed by atoms with Gasteiger partial charge in [-0.25, -0.2) is 0 Å². The SMILES string of the molecule is CN(C)C=Cc1cc(NC2CCCCC2)ccc1[N+](=O)[O-]. The van der Waals surface area contributed by atoms with Crippen LogP contribution in [-0.2, 0) is 0 Å². The van der Waals surface area contributed by atoms with Crippen LogP contribution < -0.4 is 5.32 Å². The Bertz CT molecular complexity index is 520. The highest BCUT2D eigenvalue weighted by Crippen LogP contribution is 2.27. The van der Waals surface area contributed by atoms with Crippen molar-refractivity contribution in [3.8, 4) is 0 Å². The number of hydrogen-bond acceptors (Lipinski definition) is 4. The number of nitro benzene ring substituents is 1. The summed E-state index contributed by atoms with van der Waals surface area (Å²) in [6.07, 6.45) is 9.81. The zero-order valence-corrected chi connectivity index (χ0v) is 12.7. The van der Waals surface area contributed by atoms with E-state index in [1.807, 2.05) is 31.3 Å². The number of nitrogens with zero attached hydrogens (tertiary/aromatic N) is 2. The van der Waals surface area contributed by atoms with Gasteiger partial charge in [0.1, 0.15) is 0 Å². The first-order chi connectivity index (χ1) is 10.1. The normalized spacial score (nSPS) is 16.1. The van der Waals surface area contributed by atoms with Crippen molar-refractivity contribution in [3.63, 3.8) is 0 Å². The van der Waals surface area contributed by atoms with E-state index in [1.165, 1.54) is 32.1 Å². The number of benzene rings is 1. The third-order valence-electron chi connectivity index (χ3n) is 3.75. The number of hydrogen-bond donors (Lipinski definition) is 1. The van der Waals surface area contributed by atoms with E-state index in [4.69, 9.17) is 0 Å². The quantitative estimate of drug-likeness (QED) is 0.660. The lowest BCUT2D eigenvalue weighted by atomic mass is 9.95. The van der Waals surface area contributed by atoms with Crippen LogP contribution >= 0.6 is 0 Å². The van der Waals surface area contributed by atoms with Gasteiger partial charge in [-0.3, -0.25) is 10.1 Å². The van der Waals surface area contributed by atoms with Crippen molar-refractivity contribution in [2.45, 2.75) is 38.1 Å². The molecule has 0 saturated heterocycles. The molecule has 0 atom stereocenters. The van der Waals surface area contributed by atoms with E-state index in [1.54, 1.807) is 18.2 Å². The lowest BCUT2D eigenvalue weighted by Crippen LogP contribution is -2.22. The second-order valence-electron chi connectivity index (χ2n) is 5.79. The molecule has 0 amide bonds. The van der Waals surface area contributed by atoms with Crippen LogP contribution in [0.25, 0.3) is 6.08 Å². The number of nitrogens with one attached hydrogen (secondary N) is 1. The van der Waals surface area contributed by atoms with E-state index in [9.17, 15) is 10.1 Å². The molecule has 0 spiro atoms. The van der Waals surface area contributed by atoms with E-state index >= 15 is 0 Å². The van der Waals surface area contributed by atoms with Crippen LogP contribution in [0.5, 0.6) is 0 Å². The van der Waals surface area contributed by atoms with Gasteiger partial charge in [-0.05, 0) is 37.3 Å². The van der Waals surface area contributed by atoms with Gasteiger partial charge in [-0.1, -0.05) is 19.3 Å². The molecule has 0 unspecified atom stereocenters. The van der Waals surface area contributed by atoms with Crippen LogP contribution in [0.4, 0.5) is 11.4 Å². The van der Waals surface area contributed by atoms with Crippen molar-refractivity contribution in [3.05, 3.63) is 40.1 Å². The highest BCUT2D eigenvalue weighted by atomic mass is 16.6.